The van der Waals surface area contributed by atoms with Crippen LogP contribution < -0.4 is 0 Å². The molecule has 0 spiro atoms. The first-order chi connectivity index (χ1) is 14.1. The first kappa shape index (κ1) is 22.3. The van der Waals surface area contributed by atoms with Gasteiger partial charge in [0.15, 0.2) is 5.78 Å². The van der Waals surface area contributed by atoms with Crippen LogP contribution in [0.2, 0.25) is 0 Å². The number of carbonyl (C=O) groups excluding carboxylic acids is 2. The van der Waals surface area contributed by atoms with Crippen molar-refractivity contribution in [3.05, 3.63) is 0 Å². The Bertz CT molecular complexity index is 691. The highest BCUT2D eigenvalue weighted by Crippen LogP contribution is 2.67. The topological polar surface area (TPSA) is 83.8 Å². The second-order valence-electron chi connectivity index (χ2n) is 11.4. The zero-order valence-electron chi connectivity index (χ0n) is 19.1. The Hall–Kier alpha value is -0.940. The maximum Gasteiger partial charge on any atom is 0.305 e. The molecule has 170 valence electrons. The number of carbonyl (C=O) groups is 2. The number of aliphatic hydroxyl groups excluding tert-OH is 2. The van der Waals surface area contributed by atoms with Gasteiger partial charge in [-0.25, -0.2) is 0 Å². The van der Waals surface area contributed by atoms with Crippen LogP contribution in [0.3, 0.4) is 0 Å². The van der Waals surface area contributed by atoms with Gasteiger partial charge in [-0.2, -0.15) is 0 Å². The number of hydrogen-bond acceptors (Lipinski definition) is 5. The second-order valence-corrected chi connectivity index (χ2v) is 11.4. The maximum atomic E-state index is 13.3. The maximum absolute atomic E-state index is 13.3. The van der Waals surface area contributed by atoms with E-state index in [9.17, 15) is 19.8 Å². The third kappa shape index (κ3) is 3.26. The zero-order chi connectivity index (χ0) is 21.8. The van der Waals surface area contributed by atoms with Gasteiger partial charge < -0.3 is 14.9 Å². The van der Waals surface area contributed by atoms with Gasteiger partial charge in [-0.15, -0.1) is 0 Å². The Morgan fingerprint density at radius 3 is 2.47 bits per heavy atom. The molecule has 10 atom stereocenters. The molecule has 3 unspecified atom stereocenters. The summed E-state index contributed by atoms with van der Waals surface area (Å²) in [5.41, 5.74) is 0.0332. The molecule has 5 heteroatoms. The lowest BCUT2D eigenvalue weighted by Gasteiger charge is -2.61. The average molecular weight is 421 g/mol. The molecule has 4 fully saturated rings. The number of Topliss-reactive ketones (excluding diaryl/α,β-unsaturated/α-hetero) is 1. The molecule has 4 rings (SSSR count). The molecule has 0 aromatic carbocycles. The molecule has 0 aromatic rings. The van der Waals surface area contributed by atoms with Crippen LogP contribution in [-0.2, 0) is 14.3 Å². The normalized spacial score (nSPS) is 49.0. The quantitative estimate of drug-likeness (QED) is 0.677. The van der Waals surface area contributed by atoms with Crippen molar-refractivity contribution in [3.63, 3.8) is 0 Å². The summed E-state index contributed by atoms with van der Waals surface area (Å²) in [6.07, 6.45) is 6.58. The molecule has 0 heterocycles. The van der Waals surface area contributed by atoms with E-state index in [-0.39, 0.29) is 34.4 Å². The van der Waals surface area contributed by atoms with Gasteiger partial charge in [0, 0.05) is 12.3 Å². The number of esters is 1. The Morgan fingerprint density at radius 1 is 1.10 bits per heavy atom. The Balaban J connectivity index is 1.57. The molecular weight excluding hydrogens is 380 g/mol. The minimum Gasteiger partial charge on any atom is -0.469 e. The fourth-order valence-electron chi connectivity index (χ4n) is 8.62. The molecule has 4 aliphatic rings. The summed E-state index contributed by atoms with van der Waals surface area (Å²) in [5, 5.41) is 21.4. The predicted octanol–water partition coefficient (Wildman–Crippen LogP) is 3.75. The minimum atomic E-state index is -0.882. The number of rotatable bonds is 4. The van der Waals surface area contributed by atoms with Crippen LogP contribution in [0, 0.1) is 46.3 Å². The van der Waals surface area contributed by atoms with Crippen molar-refractivity contribution in [1.82, 2.24) is 0 Å². The number of ketones is 1. The van der Waals surface area contributed by atoms with Crippen LogP contribution in [0.4, 0.5) is 0 Å². The van der Waals surface area contributed by atoms with Crippen molar-refractivity contribution in [3.8, 4) is 0 Å². The lowest BCUT2D eigenvalue weighted by molar-refractivity contribution is -0.184. The molecule has 30 heavy (non-hydrogen) atoms. The summed E-state index contributed by atoms with van der Waals surface area (Å²) >= 11 is 0. The zero-order valence-corrected chi connectivity index (χ0v) is 19.1. The Morgan fingerprint density at radius 2 is 1.77 bits per heavy atom. The van der Waals surface area contributed by atoms with Gasteiger partial charge in [-0.1, -0.05) is 20.8 Å². The molecule has 0 aliphatic heterocycles. The van der Waals surface area contributed by atoms with Gasteiger partial charge in [-0.3, -0.25) is 9.59 Å². The molecule has 0 amide bonds. The first-order valence-corrected chi connectivity index (χ1v) is 12.1. The summed E-state index contributed by atoms with van der Waals surface area (Å²) in [7, 11) is 1.45. The number of aliphatic hydroxyl groups is 2. The number of methoxy groups -OCH3 is 1. The van der Waals surface area contributed by atoms with Crippen molar-refractivity contribution in [2.75, 3.05) is 7.11 Å². The van der Waals surface area contributed by atoms with Crippen LogP contribution >= 0.6 is 0 Å². The number of hydrogen-bond donors (Lipinski definition) is 2. The molecule has 0 aromatic heterocycles. The van der Waals surface area contributed by atoms with Gasteiger partial charge in [0.05, 0.1) is 13.2 Å². The highest BCUT2D eigenvalue weighted by Gasteiger charge is 2.65. The summed E-state index contributed by atoms with van der Waals surface area (Å²) in [6.45, 7) is 6.91. The van der Waals surface area contributed by atoms with Crippen molar-refractivity contribution >= 4 is 11.8 Å². The molecule has 0 bridgehead atoms. The fraction of sp³-hybridized carbons (Fsp3) is 0.920. The van der Waals surface area contributed by atoms with Gasteiger partial charge >= 0.3 is 5.97 Å². The number of ether oxygens (including phenoxy) is 1. The van der Waals surface area contributed by atoms with E-state index < -0.39 is 12.2 Å². The van der Waals surface area contributed by atoms with E-state index in [0.717, 1.165) is 44.9 Å². The highest BCUT2D eigenvalue weighted by molar-refractivity contribution is 5.87. The highest BCUT2D eigenvalue weighted by atomic mass is 16.5. The molecule has 2 N–H and O–H groups in total. The smallest absolute Gasteiger partial charge is 0.305 e. The third-order valence-corrected chi connectivity index (χ3v) is 10.3. The van der Waals surface area contributed by atoms with Crippen molar-refractivity contribution in [2.24, 2.45) is 46.3 Å². The van der Waals surface area contributed by atoms with E-state index in [1.807, 2.05) is 0 Å². The largest absolute Gasteiger partial charge is 0.469 e. The van der Waals surface area contributed by atoms with Crippen molar-refractivity contribution in [2.45, 2.75) is 90.8 Å². The summed E-state index contributed by atoms with van der Waals surface area (Å²) in [5.74, 6) is 1.38. The van der Waals surface area contributed by atoms with Gasteiger partial charge in [-0.05, 0) is 91.8 Å². The molecule has 4 aliphatic carbocycles. The van der Waals surface area contributed by atoms with E-state index in [4.69, 9.17) is 4.74 Å². The summed E-state index contributed by atoms with van der Waals surface area (Å²) in [6, 6.07) is 0. The monoisotopic (exact) mass is 420 g/mol. The van der Waals surface area contributed by atoms with Crippen LogP contribution in [-0.4, -0.2) is 41.3 Å². The van der Waals surface area contributed by atoms with E-state index in [2.05, 4.69) is 20.8 Å². The predicted molar refractivity (Wildman–Crippen MR) is 113 cm³/mol. The van der Waals surface area contributed by atoms with Crippen LogP contribution in [0.5, 0.6) is 0 Å². The minimum absolute atomic E-state index is 0.0102. The first-order valence-electron chi connectivity index (χ1n) is 12.1. The van der Waals surface area contributed by atoms with Crippen LogP contribution in [0.25, 0.3) is 0 Å². The standard InChI is InChI=1S/C25H40O5/c1-14(5-8-20(27)30-4)16-6-7-17-21-18(10-12-24(16,17)2)25(3)11-9-15(26)13-19(25)22(28)23(21)29/h14-19,21,23,26,29H,5-13H2,1-4H3/t14-,15+,16-,17?,18?,19-,21?,23+,24-,25-/m1/s1. The van der Waals surface area contributed by atoms with E-state index >= 15 is 0 Å². The van der Waals surface area contributed by atoms with Gasteiger partial charge in [0.1, 0.15) is 6.10 Å². The average Bonchev–Trinajstić information content (AvgIpc) is 3.08. The lowest BCUT2D eigenvalue weighted by atomic mass is 9.43. The third-order valence-electron chi connectivity index (χ3n) is 10.3. The van der Waals surface area contributed by atoms with Crippen LogP contribution in [0.15, 0.2) is 0 Å². The number of fused-ring (bicyclic) bond motifs is 5. The van der Waals surface area contributed by atoms with E-state index in [1.165, 1.54) is 7.11 Å². The summed E-state index contributed by atoms with van der Waals surface area (Å²) in [4.78, 5) is 24.9. The SMILES string of the molecule is COC(=O)CC[C@@H](C)[C@H]1CCC2C3C(CC[C@@]21C)[C@@]1(C)CC[C@H](O)C[C@@H]1C(=O)[C@H]3O. The van der Waals surface area contributed by atoms with E-state index in [1.54, 1.807) is 0 Å². The van der Waals surface area contributed by atoms with Crippen molar-refractivity contribution in [1.29, 1.82) is 0 Å². The Labute approximate surface area is 180 Å². The fourth-order valence-corrected chi connectivity index (χ4v) is 8.62. The molecule has 5 nitrogen and oxygen atoms in total. The molecule has 0 radical (unpaired) electrons. The van der Waals surface area contributed by atoms with E-state index in [0.29, 0.717) is 36.5 Å². The second kappa shape index (κ2) is 7.88. The molecular formula is C25H40O5. The Kier molecular flexibility index (Phi) is 5.85. The molecule has 0 saturated heterocycles. The summed E-state index contributed by atoms with van der Waals surface area (Å²) < 4.78 is 4.83. The lowest BCUT2D eigenvalue weighted by Crippen LogP contribution is -2.62. The van der Waals surface area contributed by atoms with Gasteiger partial charge in [0.25, 0.3) is 0 Å². The molecule has 4 saturated carbocycles. The van der Waals surface area contributed by atoms with Crippen molar-refractivity contribution < 1.29 is 24.5 Å². The van der Waals surface area contributed by atoms with Gasteiger partial charge in [0.2, 0.25) is 0 Å². The van der Waals surface area contributed by atoms with Crippen LogP contribution in [0.1, 0.15) is 78.6 Å².